The highest BCUT2D eigenvalue weighted by Crippen LogP contribution is 2.25. The van der Waals surface area contributed by atoms with E-state index in [9.17, 15) is 9.18 Å². The number of nitrogens with zero attached hydrogens (tertiary/aromatic N) is 2. The Hall–Kier alpha value is -2.48. The Morgan fingerprint density at radius 3 is 2.74 bits per heavy atom. The normalized spacial score (nSPS) is 19.0. The average molecular weight is 376 g/mol. The molecule has 1 aliphatic heterocycles. The van der Waals surface area contributed by atoms with E-state index in [0.29, 0.717) is 37.9 Å². The van der Waals surface area contributed by atoms with E-state index in [4.69, 9.17) is 15.2 Å². The molecule has 0 aromatic carbocycles. The third kappa shape index (κ3) is 5.03. The van der Waals surface area contributed by atoms with Crippen molar-refractivity contribution in [3.05, 3.63) is 35.4 Å². The summed E-state index contributed by atoms with van der Waals surface area (Å²) in [6.07, 6.45) is 4.63. The van der Waals surface area contributed by atoms with Crippen molar-refractivity contribution in [3.63, 3.8) is 0 Å². The maximum absolute atomic E-state index is 14.8. The lowest BCUT2D eigenvalue weighted by Gasteiger charge is -2.21. The number of halogens is 1. The first-order valence-electron chi connectivity index (χ1n) is 9.30. The van der Waals surface area contributed by atoms with Crippen molar-refractivity contribution in [2.24, 2.45) is 10.7 Å². The Bertz CT molecular complexity index is 740. The Balaban J connectivity index is 1.95. The van der Waals surface area contributed by atoms with Crippen molar-refractivity contribution in [2.75, 3.05) is 25.1 Å². The van der Waals surface area contributed by atoms with Crippen LogP contribution in [0.2, 0.25) is 0 Å². The van der Waals surface area contributed by atoms with Crippen LogP contribution in [0.5, 0.6) is 0 Å². The summed E-state index contributed by atoms with van der Waals surface area (Å²) in [6, 6.07) is 3.54. The summed E-state index contributed by atoms with van der Waals surface area (Å²) in [7, 11) is 0. The average Bonchev–Trinajstić information content (AvgIpc) is 3.47. The van der Waals surface area contributed by atoms with E-state index in [-0.39, 0.29) is 29.5 Å². The van der Waals surface area contributed by atoms with Gasteiger partial charge in [0.15, 0.2) is 0 Å². The SMILES string of the molecule is CCOC(=O)/C(=C/N)C(=NC1CCOCC1)c1ccc(NC2CC2)nc1F. The monoisotopic (exact) mass is 376 g/mol. The molecular formula is C19H25FN4O3. The Kier molecular flexibility index (Phi) is 6.39. The van der Waals surface area contributed by atoms with Crippen LogP contribution in [0.4, 0.5) is 10.2 Å². The van der Waals surface area contributed by atoms with Crippen LogP contribution in [0, 0.1) is 5.95 Å². The number of carbonyl (C=O) groups excluding carboxylic acids is 1. The van der Waals surface area contributed by atoms with Crippen LogP contribution >= 0.6 is 0 Å². The molecule has 146 valence electrons. The molecule has 2 heterocycles. The van der Waals surface area contributed by atoms with Crippen molar-refractivity contribution in [1.29, 1.82) is 0 Å². The number of nitrogens with one attached hydrogen (secondary N) is 1. The summed E-state index contributed by atoms with van der Waals surface area (Å²) < 4.78 is 25.2. The number of esters is 1. The van der Waals surface area contributed by atoms with Crippen LogP contribution in [-0.2, 0) is 14.3 Å². The molecule has 0 spiro atoms. The van der Waals surface area contributed by atoms with Crippen molar-refractivity contribution in [1.82, 2.24) is 4.98 Å². The minimum Gasteiger partial charge on any atom is -0.462 e. The van der Waals surface area contributed by atoms with Crippen molar-refractivity contribution in [3.8, 4) is 0 Å². The van der Waals surface area contributed by atoms with Gasteiger partial charge in [-0.1, -0.05) is 0 Å². The van der Waals surface area contributed by atoms with Gasteiger partial charge in [-0.2, -0.15) is 4.39 Å². The van der Waals surface area contributed by atoms with Gasteiger partial charge in [-0.15, -0.1) is 0 Å². The minimum atomic E-state index is -0.699. The number of carbonyl (C=O) groups is 1. The van der Waals surface area contributed by atoms with Crippen molar-refractivity contribution in [2.45, 2.75) is 44.7 Å². The van der Waals surface area contributed by atoms with E-state index in [1.54, 1.807) is 19.1 Å². The fraction of sp³-hybridized carbons (Fsp3) is 0.526. The number of anilines is 1. The third-order valence-electron chi connectivity index (χ3n) is 4.45. The predicted molar refractivity (Wildman–Crippen MR) is 100 cm³/mol. The van der Waals surface area contributed by atoms with Gasteiger partial charge in [0.2, 0.25) is 5.95 Å². The molecule has 2 aliphatic rings. The first-order valence-corrected chi connectivity index (χ1v) is 9.30. The lowest BCUT2D eigenvalue weighted by atomic mass is 10.0. The molecule has 1 aromatic rings. The molecule has 2 fully saturated rings. The standard InChI is InChI=1S/C19H25FN4O3/c1-2-27-19(25)15(11-21)17(23-13-7-9-26-10-8-13)14-5-6-16(24-18(14)20)22-12-3-4-12/h5-6,11-13H,2-4,7-10,21H2,1H3,(H,22,24)/b15-11+,23-17?. The van der Waals surface area contributed by atoms with E-state index < -0.39 is 11.9 Å². The number of ether oxygens (including phenoxy) is 2. The summed E-state index contributed by atoms with van der Waals surface area (Å²) in [5.41, 5.74) is 6.02. The molecule has 1 saturated heterocycles. The number of aromatic nitrogens is 1. The van der Waals surface area contributed by atoms with Gasteiger partial charge < -0.3 is 20.5 Å². The molecule has 8 heteroatoms. The summed E-state index contributed by atoms with van der Waals surface area (Å²) in [6.45, 7) is 3.04. The number of rotatable bonds is 7. The fourth-order valence-electron chi connectivity index (χ4n) is 2.86. The number of nitrogens with two attached hydrogens (primary N) is 1. The summed E-state index contributed by atoms with van der Waals surface area (Å²) in [5.74, 6) is -0.862. The lowest BCUT2D eigenvalue weighted by Crippen LogP contribution is -2.25. The zero-order valence-corrected chi connectivity index (χ0v) is 15.4. The van der Waals surface area contributed by atoms with Crippen LogP contribution in [0.25, 0.3) is 0 Å². The first kappa shape index (κ1) is 19.3. The second-order valence-corrected chi connectivity index (χ2v) is 6.58. The van der Waals surface area contributed by atoms with E-state index in [1.807, 2.05) is 0 Å². The van der Waals surface area contributed by atoms with Gasteiger partial charge in [-0.3, -0.25) is 4.99 Å². The highest BCUT2D eigenvalue weighted by atomic mass is 19.1. The molecule has 7 nitrogen and oxygen atoms in total. The van der Waals surface area contributed by atoms with Gasteiger partial charge in [0.05, 0.1) is 23.9 Å². The fourth-order valence-corrected chi connectivity index (χ4v) is 2.86. The van der Waals surface area contributed by atoms with Crippen molar-refractivity contribution >= 4 is 17.5 Å². The highest BCUT2D eigenvalue weighted by molar-refractivity contribution is 6.26. The van der Waals surface area contributed by atoms with Gasteiger partial charge in [-0.05, 0) is 44.7 Å². The third-order valence-corrected chi connectivity index (χ3v) is 4.45. The number of hydrogen-bond donors (Lipinski definition) is 2. The molecule has 3 N–H and O–H groups in total. The number of aliphatic imine (C=N–C) groups is 1. The largest absolute Gasteiger partial charge is 0.462 e. The topological polar surface area (TPSA) is 98.8 Å². The Morgan fingerprint density at radius 2 is 2.15 bits per heavy atom. The van der Waals surface area contributed by atoms with E-state index in [2.05, 4.69) is 15.3 Å². The molecule has 1 aromatic heterocycles. The molecule has 3 rings (SSSR count). The van der Waals surface area contributed by atoms with Gasteiger partial charge in [0.1, 0.15) is 11.4 Å². The lowest BCUT2D eigenvalue weighted by molar-refractivity contribution is -0.137. The maximum Gasteiger partial charge on any atom is 0.341 e. The van der Waals surface area contributed by atoms with E-state index in [0.717, 1.165) is 19.0 Å². The molecule has 0 amide bonds. The summed E-state index contributed by atoms with van der Waals surface area (Å²) >= 11 is 0. The van der Waals surface area contributed by atoms with Gasteiger partial charge >= 0.3 is 5.97 Å². The molecule has 0 atom stereocenters. The predicted octanol–water partition coefficient (Wildman–Crippen LogP) is 2.17. The maximum atomic E-state index is 14.8. The van der Waals surface area contributed by atoms with Crippen molar-refractivity contribution < 1.29 is 18.7 Å². The molecule has 0 radical (unpaired) electrons. The highest BCUT2D eigenvalue weighted by Gasteiger charge is 2.26. The first-order chi connectivity index (χ1) is 13.1. The Labute approximate surface area is 157 Å². The van der Waals surface area contributed by atoms with E-state index in [1.165, 1.54) is 0 Å². The second kappa shape index (κ2) is 8.94. The molecular weight excluding hydrogens is 351 g/mol. The zero-order valence-electron chi connectivity index (χ0n) is 15.4. The quantitative estimate of drug-likeness (QED) is 0.327. The molecule has 0 bridgehead atoms. The van der Waals surface area contributed by atoms with E-state index >= 15 is 0 Å². The zero-order chi connectivity index (χ0) is 19.2. The van der Waals surface area contributed by atoms with Gasteiger partial charge in [0, 0.05) is 25.5 Å². The van der Waals surface area contributed by atoms with Crippen LogP contribution in [0.3, 0.4) is 0 Å². The minimum absolute atomic E-state index is 0.0342. The number of hydrogen-bond acceptors (Lipinski definition) is 7. The molecule has 27 heavy (non-hydrogen) atoms. The summed E-state index contributed by atoms with van der Waals surface area (Å²) in [5, 5.41) is 3.15. The van der Waals surface area contributed by atoms with Gasteiger partial charge in [0.25, 0.3) is 0 Å². The van der Waals surface area contributed by atoms with Crippen LogP contribution in [0.1, 0.15) is 38.2 Å². The summed E-state index contributed by atoms with van der Waals surface area (Å²) in [4.78, 5) is 20.9. The van der Waals surface area contributed by atoms with Crippen LogP contribution in [0.15, 0.2) is 28.9 Å². The van der Waals surface area contributed by atoms with Crippen LogP contribution < -0.4 is 11.1 Å². The molecule has 0 unspecified atom stereocenters. The van der Waals surface area contributed by atoms with Gasteiger partial charge in [-0.25, -0.2) is 9.78 Å². The second-order valence-electron chi connectivity index (χ2n) is 6.58. The molecule has 1 aliphatic carbocycles. The molecule has 1 saturated carbocycles. The Morgan fingerprint density at radius 1 is 1.41 bits per heavy atom. The van der Waals surface area contributed by atoms with Crippen LogP contribution in [-0.4, -0.2) is 48.6 Å². The number of pyridine rings is 1. The smallest absolute Gasteiger partial charge is 0.341 e.